The van der Waals surface area contributed by atoms with Crippen LogP contribution in [0.25, 0.3) is 0 Å². The first-order chi connectivity index (χ1) is 9.66. The normalized spacial score (nSPS) is 19.8. The van der Waals surface area contributed by atoms with Crippen molar-refractivity contribution in [2.24, 2.45) is 0 Å². The molecule has 0 radical (unpaired) electrons. The lowest BCUT2D eigenvalue weighted by molar-refractivity contribution is -0.119. The Hall–Kier alpha value is -2.07. The third kappa shape index (κ3) is 2.23. The molecular formula is C16H18N2O2. The van der Waals surface area contributed by atoms with Crippen LogP contribution in [0.1, 0.15) is 36.8 Å². The van der Waals surface area contributed by atoms with Gasteiger partial charge in [0.05, 0.1) is 12.3 Å². The van der Waals surface area contributed by atoms with E-state index in [0.717, 1.165) is 17.0 Å². The molecule has 1 aliphatic heterocycles. The summed E-state index contributed by atoms with van der Waals surface area (Å²) < 4.78 is 5.41. The van der Waals surface area contributed by atoms with E-state index in [9.17, 15) is 4.79 Å². The van der Waals surface area contributed by atoms with Crippen LogP contribution in [0.15, 0.2) is 47.1 Å². The molecule has 0 bridgehead atoms. The third-order valence-corrected chi connectivity index (χ3v) is 3.85. The van der Waals surface area contributed by atoms with Crippen molar-refractivity contribution in [1.29, 1.82) is 0 Å². The van der Waals surface area contributed by atoms with Gasteiger partial charge in [0.15, 0.2) is 0 Å². The Morgan fingerprint density at radius 1 is 1.30 bits per heavy atom. The highest BCUT2D eigenvalue weighted by atomic mass is 16.3. The quantitative estimate of drug-likeness (QED) is 0.932. The minimum Gasteiger partial charge on any atom is -0.468 e. The number of benzene rings is 1. The molecule has 104 valence electrons. The molecule has 1 aromatic heterocycles. The number of nitrogens with zero attached hydrogens (tertiary/aromatic N) is 1. The van der Waals surface area contributed by atoms with Crippen molar-refractivity contribution in [3.8, 4) is 0 Å². The monoisotopic (exact) mass is 270 g/mol. The summed E-state index contributed by atoms with van der Waals surface area (Å²) in [4.78, 5) is 13.8. The van der Waals surface area contributed by atoms with E-state index in [1.54, 1.807) is 11.2 Å². The minimum absolute atomic E-state index is 0.0231. The Morgan fingerprint density at radius 3 is 2.85 bits per heavy atom. The van der Waals surface area contributed by atoms with Crippen LogP contribution in [0, 0.1) is 0 Å². The Balaban J connectivity index is 1.87. The maximum Gasteiger partial charge on any atom is 0.228 e. The van der Waals surface area contributed by atoms with Crippen molar-refractivity contribution in [2.45, 2.75) is 25.4 Å². The van der Waals surface area contributed by atoms with Gasteiger partial charge in [0.25, 0.3) is 0 Å². The molecule has 4 nitrogen and oxygen atoms in total. The SMILES string of the molecule is CC(NC1CC(=O)N(C)c2ccccc21)c1ccco1. The molecule has 0 spiro atoms. The van der Waals surface area contributed by atoms with Crippen LogP contribution in [0.2, 0.25) is 0 Å². The van der Waals surface area contributed by atoms with Crippen molar-refractivity contribution in [1.82, 2.24) is 5.32 Å². The Kier molecular flexibility index (Phi) is 3.32. The van der Waals surface area contributed by atoms with E-state index in [4.69, 9.17) is 4.42 Å². The van der Waals surface area contributed by atoms with Crippen molar-refractivity contribution < 1.29 is 9.21 Å². The number of hydrogen-bond acceptors (Lipinski definition) is 3. The molecule has 1 amide bonds. The van der Waals surface area contributed by atoms with Crippen molar-refractivity contribution in [2.75, 3.05) is 11.9 Å². The predicted octanol–water partition coefficient (Wildman–Crippen LogP) is 3.04. The van der Waals surface area contributed by atoms with Crippen molar-refractivity contribution in [3.05, 3.63) is 54.0 Å². The van der Waals surface area contributed by atoms with Gasteiger partial charge in [-0.05, 0) is 30.7 Å². The molecule has 4 heteroatoms. The summed E-state index contributed by atoms with van der Waals surface area (Å²) in [6.07, 6.45) is 2.14. The summed E-state index contributed by atoms with van der Waals surface area (Å²) in [5, 5.41) is 3.49. The van der Waals surface area contributed by atoms with Gasteiger partial charge >= 0.3 is 0 Å². The maximum atomic E-state index is 12.1. The number of furan rings is 1. The highest BCUT2D eigenvalue weighted by Crippen LogP contribution is 2.34. The molecule has 3 rings (SSSR count). The van der Waals surface area contributed by atoms with Gasteiger partial charge in [-0.25, -0.2) is 0 Å². The summed E-state index contributed by atoms with van der Waals surface area (Å²) in [5.41, 5.74) is 2.14. The third-order valence-electron chi connectivity index (χ3n) is 3.85. The average Bonchev–Trinajstić information content (AvgIpc) is 2.99. The van der Waals surface area contributed by atoms with E-state index in [-0.39, 0.29) is 18.0 Å². The predicted molar refractivity (Wildman–Crippen MR) is 77.5 cm³/mol. The van der Waals surface area contributed by atoms with E-state index in [0.29, 0.717) is 6.42 Å². The Morgan fingerprint density at radius 2 is 2.10 bits per heavy atom. The standard InChI is InChI=1S/C16H18N2O2/c1-11(15-8-5-9-20-15)17-13-10-16(19)18(2)14-7-4-3-6-12(13)14/h3-9,11,13,17H,10H2,1-2H3. The number of carbonyl (C=O) groups excluding carboxylic acids is 1. The zero-order chi connectivity index (χ0) is 14.1. The number of para-hydroxylation sites is 1. The summed E-state index contributed by atoms with van der Waals surface area (Å²) in [7, 11) is 1.83. The number of nitrogens with one attached hydrogen (secondary N) is 1. The molecule has 1 N–H and O–H groups in total. The molecule has 0 saturated carbocycles. The van der Waals surface area contributed by atoms with Crippen LogP contribution >= 0.6 is 0 Å². The Bertz CT molecular complexity index is 607. The van der Waals surface area contributed by atoms with Crippen molar-refractivity contribution >= 4 is 11.6 Å². The summed E-state index contributed by atoms with van der Waals surface area (Å²) in [6, 6.07) is 11.9. The van der Waals surface area contributed by atoms with Gasteiger partial charge in [0.1, 0.15) is 5.76 Å². The van der Waals surface area contributed by atoms with Gasteiger partial charge in [-0.2, -0.15) is 0 Å². The van der Waals surface area contributed by atoms with Gasteiger partial charge in [-0.15, -0.1) is 0 Å². The van der Waals surface area contributed by atoms with Gasteiger partial charge in [-0.1, -0.05) is 18.2 Å². The molecule has 2 atom stereocenters. The van der Waals surface area contributed by atoms with Crippen LogP contribution in [0.4, 0.5) is 5.69 Å². The molecule has 2 heterocycles. The first-order valence-corrected chi connectivity index (χ1v) is 6.81. The number of amides is 1. The van der Waals surface area contributed by atoms with E-state index in [1.165, 1.54) is 0 Å². The van der Waals surface area contributed by atoms with E-state index >= 15 is 0 Å². The molecule has 2 aromatic rings. The van der Waals surface area contributed by atoms with Gasteiger partial charge in [0, 0.05) is 25.2 Å². The van der Waals surface area contributed by atoms with E-state index < -0.39 is 0 Å². The van der Waals surface area contributed by atoms with Gasteiger partial charge in [0.2, 0.25) is 5.91 Å². The first-order valence-electron chi connectivity index (χ1n) is 6.81. The smallest absolute Gasteiger partial charge is 0.228 e. The summed E-state index contributed by atoms with van der Waals surface area (Å²) in [5.74, 6) is 1.02. The zero-order valence-corrected chi connectivity index (χ0v) is 11.7. The first kappa shape index (κ1) is 12.9. The lowest BCUT2D eigenvalue weighted by Gasteiger charge is -2.33. The number of carbonyl (C=O) groups is 1. The molecule has 0 fully saturated rings. The molecular weight excluding hydrogens is 252 g/mol. The van der Waals surface area contributed by atoms with Crippen LogP contribution in [-0.2, 0) is 4.79 Å². The number of rotatable bonds is 3. The summed E-state index contributed by atoms with van der Waals surface area (Å²) >= 11 is 0. The van der Waals surface area contributed by atoms with Crippen LogP contribution < -0.4 is 10.2 Å². The van der Waals surface area contributed by atoms with Gasteiger partial charge < -0.3 is 14.6 Å². The fourth-order valence-corrected chi connectivity index (χ4v) is 2.71. The van der Waals surface area contributed by atoms with Gasteiger partial charge in [-0.3, -0.25) is 4.79 Å². The van der Waals surface area contributed by atoms with Crippen LogP contribution in [0.3, 0.4) is 0 Å². The second-order valence-corrected chi connectivity index (χ2v) is 5.17. The molecule has 1 aliphatic rings. The zero-order valence-electron chi connectivity index (χ0n) is 11.7. The second-order valence-electron chi connectivity index (χ2n) is 5.17. The number of anilines is 1. The van der Waals surface area contributed by atoms with Crippen molar-refractivity contribution in [3.63, 3.8) is 0 Å². The average molecular weight is 270 g/mol. The molecule has 0 aliphatic carbocycles. The minimum atomic E-state index is 0.0231. The number of hydrogen-bond donors (Lipinski definition) is 1. The maximum absolute atomic E-state index is 12.1. The van der Waals surface area contributed by atoms with E-state index in [1.807, 2.05) is 44.3 Å². The fourth-order valence-electron chi connectivity index (χ4n) is 2.71. The lowest BCUT2D eigenvalue weighted by atomic mass is 9.95. The van der Waals surface area contributed by atoms with E-state index in [2.05, 4.69) is 11.4 Å². The topological polar surface area (TPSA) is 45.5 Å². The highest BCUT2D eigenvalue weighted by Gasteiger charge is 2.29. The molecule has 0 saturated heterocycles. The Labute approximate surface area is 118 Å². The second kappa shape index (κ2) is 5.13. The number of fused-ring (bicyclic) bond motifs is 1. The fraction of sp³-hybridized carbons (Fsp3) is 0.312. The highest BCUT2D eigenvalue weighted by molar-refractivity contribution is 5.96. The lowest BCUT2D eigenvalue weighted by Crippen LogP contribution is -2.38. The van der Waals surface area contributed by atoms with Crippen LogP contribution in [-0.4, -0.2) is 13.0 Å². The molecule has 1 aromatic carbocycles. The molecule has 2 unspecified atom stereocenters. The van der Waals surface area contributed by atoms with Crippen LogP contribution in [0.5, 0.6) is 0 Å². The largest absolute Gasteiger partial charge is 0.468 e. The summed E-state index contributed by atoms with van der Waals surface area (Å²) in [6.45, 7) is 2.05. The molecule has 20 heavy (non-hydrogen) atoms.